The molecule has 3 N–H and O–H groups in total. The second kappa shape index (κ2) is 6.97. The van der Waals surface area contributed by atoms with Gasteiger partial charge in [-0.15, -0.1) is 0 Å². The van der Waals surface area contributed by atoms with E-state index in [2.05, 4.69) is 24.1 Å². The Morgan fingerprint density at radius 3 is 2.65 bits per heavy atom. The predicted octanol–water partition coefficient (Wildman–Crippen LogP) is 0.818. The van der Waals surface area contributed by atoms with E-state index in [-0.39, 0.29) is 11.9 Å². The van der Waals surface area contributed by atoms with Gasteiger partial charge in [0.05, 0.1) is 6.04 Å². The highest BCUT2D eigenvalue weighted by Crippen LogP contribution is 2.24. The van der Waals surface area contributed by atoms with Crippen LogP contribution in [-0.4, -0.2) is 43.5 Å². The van der Waals surface area contributed by atoms with E-state index in [1.807, 2.05) is 0 Å². The van der Waals surface area contributed by atoms with Crippen molar-refractivity contribution in [3.8, 4) is 0 Å². The van der Waals surface area contributed by atoms with E-state index < -0.39 is 0 Å². The molecule has 100 valence electrons. The minimum atomic E-state index is -0.253. The molecule has 2 unspecified atom stereocenters. The number of likely N-dealkylation sites (N-methyl/N-ethyl adjacent to an activating group) is 1. The fourth-order valence-corrected chi connectivity index (χ4v) is 2.61. The van der Waals surface area contributed by atoms with Crippen LogP contribution in [0.4, 0.5) is 0 Å². The molecule has 2 atom stereocenters. The number of hydrogen-bond donors (Lipinski definition) is 2. The molecule has 0 aromatic rings. The van der Waals surface area contributed by atoms with Gasteiger partial charge in [0, 0.05) is 6.54 Å². The van der Waals surface area contributed by atoms with Crippen LogP contribution in [0.1, 0.15) is 33.1 Å². The average molecular weight is 241 g/mol. The van der Waals surface area contributed by atoms with Gasteiger partial charge in [-0.1, -0.05) is 13.8 Å². The van der Waals surface area contributed by atoms with Crippen LogP contribution in [0, 0.1) is 11.8 Å². The van der Waals surface area contributed by atoms with Crippen molar-refractivity contribution in [2.24, 2.45) is 17.6 Å². The third-order valence-electron chi connectivity index (χ3n) is 3.94. The van der Waals surface area contributed by atoms with Gasteiger partial charge < -0.3 is 16.0 Å². The topological polar surface area (TPSA) is 58.4 Å². The molecule has 1 saturated heterocycles. The Morgan fingerprint density at radius 1 is 1.41 bits per heavy atom. The first-order chi connectivity index (χ1) is 8.04. The Labute approximate surface area is 105 Å². The molecule has 1 rings (SSSR count). The zero-order valence-electron chi connectivity index (χ0n) is 11.4. The summed E-state index contributed by atoms with van der Waals surface area (Å²) in [6, 6.07) is -0.217. The lowest BCUT2D eigenvalue weighted by Gasteiger charge is -2.24. The number of carbonyl (C=O) groups is 1. The number of likely N-dealkylation sites (tertiary alicyclic amines) is 1. The summed E-state index contributed by atoms with van der Waals surface area (Å²) in [4.78, 5) is 13.6. The third kappa shape index (κ3) is 4.64. The Balaban J connectivity index is 2.43. The summed E-state index contributed by atoms with van der Waals surface area (Å²) in [7, 11) is 1.80. The number of nitrogens with one attached hydrogen (secondary N) is 1. The summed E-state index contributed by atoms with van der Waals surface area (Å²) in [6.45, 7) is 7.54. The van der Waals surface area contributed by atoms with Gasteiger partial charge in [0.15, 0.2) is 0 Å². The normalized spacial score (nSPS) is 24.6. The molecular weight excluding hydrogens is 214 g/mol. The van der Waals surface area contributed by atoms with Gasteiger partial charge in [-0.25, -0.2) is 0 Å². The van der Waals surface area contributed by atoms with E-state index in [4.69, 9.17) is 5.73 Å². The second-order valence-corrected chi connectivity index (χ2v) is 5.48. The third-order valence-corrected chi connectivity index (χ3v) is 3.94. The lowest BCUT2D eigenvalue weighted by Crippen LogP contribution is -2.48. The fourth-order valence-electron chi connectivity index (χ4n) is 2.61. The van der Waals surface area contributed by atoms with Crippen LogP contribution in [0.3, 0.4) is 0 Å². The monoisotopic (exact) mass is 241 g/mol. The summed E-state index contributed by atoms with van der Waals surface area (Å²) in [5.74, 6) is 1.35. The molecule has 0 saturated carbocycles. The van der Waals surface area contributed by atoms with E-state index in [0.717, 1.165) is 31.5 Å². The molecule has 1 fully saturated rings. The Kier molecular flexibility index (Phi) is 5.92. The van der Waals surface area contributed by atoms with Gasteiger partial charge in [-0.05, 0) is 51.2 Å². The highest BCUT2D eigenvalue weighted by molar-refractivity contribution is 5.80. The van der Waals surface area contributed by atoms with Crippen molar-refractivity contribution >= 4 is 5.91 Å². The van der Waals surface area contributed by atoms with E-state index in [1.54, 1.807) is 7.05 Å². The van der Waals surface area contributed by atoms with Gasteiger partial charge >= 0.3 is 0 Å². The van der Waals surface area contributed by atoms with E-state index in [0.29, 0.717) is 0 Å². The second-order valence-electron chi connectivity index (χ2n) is 5.48. The number of nitrogens with zero attached hydrogens (tertiary/aromatic N) is 1. The number of rotatable bonds is 5. The van der Waals surface area contributed by atoms with Crippen molar-refractivity contribution < 1.29 is 4.79 Å². The molecule has 1 heterocycles. The first-order valence-electron chi connectivity index (χ1n) is 6.73. The highest BCUT2D eigenvalue weighted by Gasteiger charge is 2.22. The molecule has 0 spiro atoms. The molecule has 0 bridgehead atoms. The van der Waals surface area contributed by atoms with Crippen LogP contribution in [-0.2, 0) is 4.79 Å². The standard InChI is InChI=1S/C13H27N3O/c1-10(2)11-5-4-7-16(8-6-11)9-12(15-3)13(14)17/h10-12,15H,4-9H2,1-3H3,(H2,14,17). The molecule has 0 aromatic carbocycles. The van der Waals surface area contributed by atoms with Crippen molar-refractivity contribution in [2.45, 2.75) is 39.2 Å². The molecule has 4 nitrogen and oxygen atoms in total. The largest absolute Gasteiger partial charge is 0.368 e. The molecule has 0 aliphatic carbocycles. The SMILES string of the molecule is CNC(CN1CCCC(C(C)C)CC1)C(N)=O. The van der Waals surface area contributed by atoms with Crippen molar-refractivity contribution in [2.75, 3.05) is 26.7 Å². The number of amides is 1. The molecule has 1 aliphatic heterocycles. The Hall–Kier alpha value is -0.610. The average Bonchev–Trinajstić information content (AvgIpc) is 2.50. The summed E-state index contributed by atoms with van der Waals surface area (Å²) in [5, 5.41) is 2.99. The van der Waals surface area contributed by atoms with Crippen LogP contribution < -0.4 is 11.1 Å². The maximum atomic E-state index is 11.2. The van der Waals surface area contributed by atoms with Crippen molar-refractivity contribution in [3.05, 3.63) is 0 Å². The van der Waals surface area contributed by atoms with Crippen LogP contribution in [0.2, 0.25) is 0 Å². The van der Waals surface area contributed by atoms with Gasteiger partial charge in [0.1, 0.15) is 0 Å². The number of primary amides is 1. The number of nitrogens with two attached hydrogens (primary N) is 1. The van der Waals surface area contributed by atoms with Crippen LogP contribution in [0.25, 0.3) is 0 Å². The van der Waals surface area contributed by atoms with Crippen molar-refractivity contribution in [1.29, 1.82) is 0 Å². The number of hydrogen-bond acceptors (Lipinski definition) is 3. The number of carbonyl (C=O) groups excluding carboxylic acids is 1. The minimum absolute atomic E-state index is 0.217. The van der Waals surface area contributed by atoms with Gasteiger partial charge in [0.2, 0.25) is 5.91 Å². The van der Waals surface area contributed by atoms with Crippen LogP contribution in [0.5, 0.6) is 0 Å². The van der Waals surface area contributed by atoms with Crippen LogP contribution in [0.15, 0.2) is 0 Å². The maximum absolute atomic E-state index is 11.2. The quantitative estimate of drug-likeness (QED) is 0.749. The van der Waals surface area contributed by atoms with Crippen LogP contribution >= 0.6 is 0 Å². The molecule has 1 aliphatic rings. The summed E-state index contributed by atoms with van der Waals surface area (Å²) in [6.07, 6.45) is 3.79. The summed E-state index contributed by atoms with van der Waals surface area (Å²) in [5.41, 5.74) is 5.35. The maximum Gasteiger partial charge on any atom is 0.235 e. The predicted molar refractivity (Wildman–Crippen MR) is 70.7 cm³/mol. The Bertz CT molecular complexity index is 243. The Morgan fingerprint density at radius 2 is 2.12 bits per heavy atom. The van der Waals surface area contributed by atoms with Crippen molar-refractivity contribution in [3.63, 3.8) is 0 Å². The zero-order valence-corrected chi connectivity index (χ0v) is 11.4. The zero-order chi connectivity index (χ0) is 12.8. The smallest absolute Gasteiger partial charge is 0.235 e. The highest BCUT2D eigenvalue weighted by atomic mass is 16.1. The van der Waals surface area contributed by atoms with E-state index in [1.165, 1.54) is 19.3 Å². The van der Waals surface area contributed by atoms with Gasteiger partial charge in [0.25, 0.3) is 0 Å². The van der Waals surface area contributed by atoms with Crippen molar-refractivity contribution in [1.82, 2.24) is 10.2 Å². The summed E-state index contributed by atoms with van der Waals surface area (Å²) < 4.78 is 0. The lowest BCUT2D eigenvalue weighted by molar-refractivity contribution is -0.120. The lowest BCUT2D eigenvalue weighted by atomic mass is 9.89. The molecule has 1 amide bonds. The van der Waals surface area contributed by atoms with E-state index in [9.17, 15) is 4.79 Å². The van der Waals surface area contributed by atoms with Gasteiger partial charge in [-0.3, -0.25) is 4.79 Å². The fraction of sp³-hybridized carbons (Fsp3) is 0.923. The minimum Gasteiger partial charge on any atom is -0.368 e. The van der Waals surface area contributed by atoms with Gasteiger partial charge in [-0.2, -0.15) is 0 Å². The molecule has 0 radical (unpaired) electrons. The first kappa shape index (κ1) is 14.5. The first-order valence-corrected chi connectivity index (χ1v) is 6.73. The molecule has 4 heteroatoms. The molecule has 0 aromatic heterocycles. The summed E-state index contributed by atoms with van der Waals surface area (Å²) >= 11 is 0. The van der Waals surface area contributed by atoms with E-state index >= 15 is 0 Å². The molecular formula is C13H27N3O. The molecule has 17 heavy (non-hydrogen) atoms.